The highest BCUT2D eigenvalue weighted by Gasteiger charge is 2.15. The van der Waals surface area contributed by atoms with E-state index in [4.69, 9.17) is 11.6 Å². The summed E-state index contributed by atoms with van der Waals surface area (Å²) in [6.45, 7) is 4.46. The van der Waals surface area contributed by atoms with E-state index in [2.05, 4.69) is 28.4 Å². The van der Waals surface area contributed by atoms with Gasteiger partial charge in [0, 0.05) is 24.5 Å². The fourth-order valence-corrected chi connectivity index (χ4v) is 2.50. The Balaban J connectivity index is 2.40. The summed E-state index contributed by atoms with van der Waals surface area (Å²) < 4.78 is 2.26. The SMILES string of the molecule is CCCCC(C)n1c(CCCl)nc2cccnc21. The predicted molar refractivity (Wildman–Crippen MR) is 76.2 cm³/mol. The fraction of sp³-hybridized carbons (Fsp3) is 0.571. The number of hydrogen-bond donors (Lipinski definition) is 0. The van der Waals surface area contributed by atoms with Gasteiger partial charge in [0.1, 0.15) is 11.3 Å². The molecule has 1 atom stereocenters. The van der Waals surface area contributed by atoms with Crippen molar-refractivity contribution < 1.29 is 0 Å². The van der Waals surface area contributed by atoms with Gasteiger partial charge in [-0.1, -0.05) is 19.8 Å². The summed E-state index contributed by atoms with van der Waals surface area (Å²) in [5.41, 5.74) is 1.96. The molecule has 0 N–H and O–H groups in total. The van der Waals surface area contributed by atoms with Gasteiger partial charge in [0.2, 0.25) is 0 Å². The molecule has 0 aliphatic heterocycles. The average molecular weight is 266 g/mol. The molecule has 0 saturated carbocycles. The standard InChI is InChI=1S/C14H20ClN3/c1-3-4-6-11(2)18-13(8-9-15)17-12-7-5-10-16-14(12)18/h5,7,10-11H,3-4,6,8-9H2,1-2H3. The molecule has 0 amide bonds. The number of nitrogens with zero attached hydrogens (tertiary/aromatic N) is 3. The van der Waals surface area contributed by atoms with Gasteiger partial charge in [0.25, 0.3) is 0 Å². The fourth-order valence-electron chi connectivity index (χ4n) is 2.33. The lowest BCUT2D eigenvalue weighted by Crippen LogP contribution is -2.10. The number of aryl methyl sites for hydroxylation is 1. The topological polar surface area (TPSA) is 30.7 Å². The lowest BCUT2D eigenvalue weighted by atomic mass is 10.1. The molecule has 0 bridgehead atoms. The van der Waals surface area contributed by atoms with Crippen molar-refractivity contribution in [3.8, 4) is 0 Å². The van der Waals surface area contributed by atoms with Gasteiger partial charge in [0.15, 0.2) is 5.65 Å². The molecule has 2 heterocycles. The number of rotatable bonds is 6. The van der Waals surface area contributed by atoms with Crippen LogP contribution in [0.3, 0.4) is 0 Å². The molecule has 98 valence electrons. The van der Waals surface area contributed by atoms with Gasteiger partial charge < -0.3 is 4.57 Å². The van der Waals surface area contributed by atoms with Crippen LogP contribution < -0.4 is 0 Å². The summed E-state index contributed by atoms with van der Waals surface area (Å²) in [7, 11) is 0. The lowest BCUT2D eigenvalue weighted by molar-refractivity contribution is 0.479. The van der Waals surface area contributed by atoms with Gasteiger partial charge in [-0.25, -0.2) is 9.97 Å². The quantitative estimate of drug-likeness (QED) is 0.740. The molecule has 3 nitrogen and oxygen atoms in total. The number of aromatic nitrogens is 3. The first kappa shape index (κ1) is 13.3. The zero-order chi connectivity index (χ0) is 13.0. The van der Waals surface area contributed by atoms with Crippen molar-refractivity contribution in [2.45, 2.75) is 45.6 Å². The highest BCUT2D eigenvalue weighted by molar-refractivity contribution is 6.17. The maximum atomic E-state index is 5.87. The summed E-state index contributed by atoms with van der Waals surface area (Å²) in [5, 5.41) is 0. The van der Waals surface area contributed by atoms with E-state index in [0.717, 1.165) is 29.8 Å². The van der Waals surface area contributed by atoms with Crippen LogP contribution in [0.25, 0.3) is 11.2 Å². The second-order valence-corrected chi connectivity index (χ2v) is 5.05. The Kier molecular flexibility index (Phi) is 4.59. The predicted octanol–water partition coefficient (Wildman–Crippen LogP) is 3.96. The highest BCUT2D eigenvalue weighted by atomic mass is 35.5. The van der Waals surface area contributed by atoms with Gasteiger partial charge in [0.05, 0.1) is 0 Å². The Morgan fingerprint density at radius 1 is 1.44 bits per heavy atom. The maximum Gasteiger partial charge on any atom is 0.160 e. The van der Waals surface area contributed by atoms with Crippen molar-refractivity contribution in [1.82, 2.24) is 14.5 Å². The summed E-state index contributed by atoms with van der Waals surface area (Å²) in [5.74, 6) is 1.66. The van der Waals surface area contributed by atoms with Crippen molar-refractivity contribution in [1.29, 1.82) is 0 Å². The molecule has 0 radical (unpaired) electrons. The maximum absolute atomic E-state index is 5.87. The third-order valence-electron chi connectivity index (χ3n) is 3.26. The summed E-state index contributed by atoms with van der Waals surface area (Å²) in [6.07, 6.45) is 6.24. The van der Waals surface area contributed by atoms with E-state index in [9.17, 15) is 0 Å². The highest BCUT2D eigenvalue weighted by Crippen LogP contribution is 2.23. The van der Waals surface area contributed by atoms with Gasteiger partial charge in [-0.2, -0.15) is 0 Å². The van der Waals surface area contributed by atoms with E-state index in [0.29, 0.717) is 11.9 Å². The molecule has 2 aromatic heterocycles. The average Bonchev–Trinajstić information content (AvgIpc) is 2.74. The van der Waals surface area contributed by atoms with Crippen LogP contribution in [-0.4, -0.2) is 20.4 Å². The summed E-state index contributed by atoms with van der Waals surface area (Å²) in [6, 6.07) is 4.38. The van der Waals surface area contributed by atoms with E-state index < -0.39 is 0 Å². The van der Waals surface area contributed by atoms with E-state index >= 15 is 0 Å². The van der Waals surface area contributed by atoms with Gasteiger partial charge in [-0.3, -0.25) is 0 Å². The van der Waals surface area contributed by atoms with E-state index in [1.807, 2.05) is 18.3 Å². The zero-order valence-corrected chi connectivity index (χ0v) is 11.8. The molecule has 0 fully saturated rings. The van der Waals surface area contributed by atoms with Crippen molar-refractivity contribution >= 4 is 22.8 Å². The van der Waals surface area contributed by atoms with Crippen LogP contribution in [0, 0.1) is 0 Å². The number of alkyl halides is 1. The molecular formula is C14H20ClN3. The molecule has 0 aromatic carbocycles. The van der Waals surface area contributed by atoms with Crippen LogP contribution in [-0.2, 0) is 6.42 Å². The first-order valence-corrected chi connectivity index (χ1v) is 7.19. The molecule has 1 unspecified atom stereocenters. The normalized spacial score (nSPS) is 13.1. The molecule has 4 heteroatoms. The molecule has 0 spiro atoms. The van der Waals surface area contributed by atoms with Crippen LogP contribution in [0.5, 0.6) is 0 Å². The van der Waals surface area contributed by atoms with Crippen molar-refractivity contribution in [3.05, 3.63) is 24.2 Å². The van der Waals surface area contributed by atoms with Crippen LogP contribution in [0.4, 0.5) is 0 Å². The smallest absolute Gasteiger partial charge is 0.160 e. The number of imidazole rings is 1. The van der Waals surface area contributed by atoms with E-state index in [1.165, 1.54) is 12.8 Å². The minimum atomic E-state index is 0.433. The van der Waals surface area contributed by atoms with Crippen LogP contribution in [0.1, 0.15) is 45.0 Å². The monoisotopic (exact) mass is 265 g/mol. The molecule has 2 rings (SSSR count). The largest absolute Gasteiger partial charge is 0.310 e. The number of halogens is 1. The molecule has 0 aliphatic rings. The molecular weight excluding hydrogens is 246 g/mol. The second kappa shape index (κ2) is 6.19. The first-order valence-electron chi connectivity index (χ1n) is 6.65. The van der Waals surface area contributed by atoms with Crippen molar-refractivity contribution in [2.24, 2.45) is 0 Å². The number of hydrogen-bond acceptors (Lipinski definition) is 2. The van der Waals surface area contributed by atoms with Gasteiger partial charge in [-0.15, -0.1) is 11.6 Å². The van der Waals surface area contributed by atoms with Gasteiger partial charge >= 0.3 is 0 Å². The van der Waals surface area contributed by atoms with Gasteiger partial charge in [-0.05, 0) is 25.5 Å². The Bertz CT molecular complexity index is 507. The Labute approximate surface area is 113 Å². The Hall–Kier alpha value is -1.09. The lowest BCUT2D eigenvalue weighted by Gasteiger charge is -2.16. The van der Waals surface area contributed by atoms with Crippen LogP contribution in [0.15, 0.2) is 18.3 Å². The number of fused-ring (bicyclic) bond motifs is 1. The minimum Gasteiger partial charge on any atom is -0.310 e. The van der Waals surface area contributed by atoms with Crippen LogP contribution >= 0.6 is 11.6 Å². The number of unbranched alkanes of at least 4 members (excludes halogenated alkanes) is 1. The third kappa shape index (κ3) is 2.66. The summed E-state index contributed by atoms with van der Waals surface area (Å²) in [4.78, 5) is 9.12. The van der Waals surface area contributed by atoms with Crippen molar-refractivity contribution in [3.63, 3.8) is 0 Å². The molecule has 2 aromatic rings. The molecule has 0 saturated heterocycles. The van der Waals surface area contributed by atoms with Crippen molar-refractivity contribution in [2.75, 3.05) is 5.88 Å². The minimum absolute atomic E-state index is 0.433. The van der Waals surface area contributed by atoms with E-state index in [1.54, 1.807) is 0 Å². The number of pyridine rings is 1. The summed E-state index contributed by atoms with van der Waals surface area (Å²) >= 11 is 5.87. The molecule has 0 aliphatic carbocycles. The first-order chi connectivity index (χ1) is 8.77. The Morgan fingerprint density at radius 3 is 3.00 bits per heavy atom. The Morgan fingerprint density at radius 2 is 2.28 bits per heavy atom. The van der Waals surface area contributed by atoms with E-state index in [-0.39, 0.29) is 0 Å². The second-order valence-electron chi connectivity index (χ2n) is 4.67. The molecule has 18 heavy (non-hydrogen) atoms. The zero-order valence-electron chi connectivity index (χ0n) is 11.1. The van der Waals surface area contributed by atoms with Crippen LogP contribution in [0.2, 0.25) is 0 Å². The third-order valence-corrected chi connectivity index (χ3v) is 3.45.